The highest BCUT2D eigenvalue weighted by atomic mass is 32.2. The van der Waals surface area contributed by atoms with Crippen LogP contribution < -0.4 is 4.74 Å². The molecule has 0 bridgehead atoms. The smallest absolute Gasteiger partial charge is 0.195 e. The summed E-state index contributed by atoms with van der Waals surface area (Å²) in [6.45, 7) is 0. The van der Waals surface area contributed by atoms with E-state index in [4.69, 9.17) is 4.74 Å². The fraction of sp³-hybridized carbons (Fsp3) is 0.0370. The van der Waals surface area contributed by atoms with Crippen LogP contribution in [0.15, 0.2) is 109 Å². The van der Waals surface area contributed by atoms with Crippen LogP contribution in [-0.4, -0.2) is 7.11 Å². The highest BCUT2D eigenvalue weighted by molar-refractivity contribution is 7.48. The molecule has 0 aliphatic carbocycles. The molecule has 0 amide bonds. The lowest BCUT2D eigenvalue weighted by Crippen LogP contribution is -1.84. The third-order valence-corrected chi connectivity index (χ3v) is 7.59. The number of hydrogen-bond acceptors (Lipinski definition) is 1. The summed E-state index contributed by atoms with van der Waals surface area (Å²) in [6.07, 6.45) is 0. The Morgan fingerprint density at radius 1 is 0.586 bits per heavy atom. The largest absolute Gasteiger partial charge is 0.497 e. The molecule has 0 saturated heterocycles. The topological polar surface area (TPSA) is 9.23 Å². The van der Waals surface area contributed by atoms with Gasteiger partial charge in [-0.1, -0.05) is 60.7 Å². The molecule has 5 rings (SSSR count). The normalized spacial score (nSPS) is 11.6. The molecular formula is C27H21OS+. The Morgan fingerprint density at radius 3 is 1.90 bits per heavy atom. The van der Waals surface area contributed by atoms with Crippen LogP contribution in [0.1, 0.15) is 0 Å². The summed E-state index contributed by atoms with van der Waals surface area (Å²) in [4.78, 5) is 2.72. The van der Waals surface area contributed by atoms with Gasteiger partial charge in [0.05, 0.1) is 12.7 Å². The standard InChI is InChI=1S/C27H21OS/c1-28-22-18-16-21(17-19-22)27-26(20-10-4-2-5-11-20)24-14-8-9-15-25(24)29(27)23-12-6-3-7-13-23/h2-19H,1H3/q+1. The molecule has 0 radical (unpaired) electrons. The Balaban J connectivity index is 1.92. The van der Waals surface area contributed by atoms with Gasteiger partial charge in [0.2, 0.25) is 0 Å². The van der Waals surface area contributed by atoms with Crippen LogP contribution >= 0.6 is 10.5 Å². The lowest BCUT2D eigenvalue weighted by Gasteiger charge is -2.05. The average Bonchev–Trinajstić information content (AvgIpc) is 3.15. The third-order valence-electron chi connectivity index (χ3n) is 5.20. The maximum absolute atomic E-state index is 5.40. The Hall–Kier alpha value is -3.36. The summed E-state index contributed by atoms with van der Waals surface area (Å²) in [5.41, 5.74) is 3.84. The Morgan fingerprint density at radius 2 is 1.21 bits per heavy atom. The molecule has 0 N–H and O–H groups in total. The van der Waals surface area contributed by atoms with E-state index in [1.165, 1.54) is 36.5 Å². The van der Waals surface area contributed by atoms with Crippen LogP contribution in [0.5, 0.6) is 5.75 Å². The summed E-state index contributed by atoms with van der Waals surface area (Å²) in [5, 5.41) is 1.33. The summed E-state index contributed by atoms with van der Waals surface area (Å²) in [7, 11) is 1.56. The van der Waals surface area contributed by atoms with Gasteiger partial charge in [-0.15, -0.1) is 0 Å². The van der Waals surface area contributed by atoms with Crippen LogP contribution in [0.2, 0.25) is 0 Å². The van der Waals surface area contributed by atoms with Crippen molar-refractivity contribution in [1.29, 1.82) is 0 Å². The number of benzene rings is 4. The zero-order chi connectivity index (χ0) is 19.6. The summed E-state index contributed by atoms with van der Waals surface area (Å²) in [6, 6.07) is 38.9. The predicted molar refractivity (Wildman–Crippen MR) is 125 cm³/mol. The average molecular weight is 394 g/mol. The van der Waals surface area contributed by atoms with Gasteiger partial charge in [0.1, 0.15) is 5.75 Å². The van der Waals surface area contributed by atoms with Gasteiger partial charge in [0.25, 0.3) is 0 Å². The van der Waals surface area contributed by atoms with Crippen molar-refractivity contribution in [3.8, 4) is 32.2 Å². The van der Waals surface area contributed by atoms with Crippen molar-refractivity contribution in [3.05, 3.63) is 109 Å². The van der Waals surface area contributed by atoms with E-state index in [1.807, 2.05) is 0 Å². The first-order valence-corrected chi connectivity index (χ1v) is 10.9. The highest BCUT2D eigenvalue weighted by Crippen LogP contribution is 2.55. The molecule has 1 unspecified atom stereocenters. The minimum Gasteiger partial charge on any atom is -0.497 e. The third kappa shape index (κ3) is 3.12. The molecule has 2 heteroatoms. The molecule has 0 aliphatic heterocycles. The second kappa shape index (κ2) is 7.57. The fourth-order valence-corrected chi connectivity index (χ4v) is 6.43. The second-order valence-electron chi connectivity index (χ2n) is 6.91. The van der Waals surface area contributed by atoms with Gasteiger partial charge in [0.15, 0.2) is 14.5 Å². The SMILES string of the molecule is COc1ccc(-c2c(-c3ccccc3)c3ccccc3[s+]2-c2ccccc2)cc1. The van der Waals surface area contributed by atoms with E-state index in [-0.39, 0.29) is 10.5 Å². The molecule has 0 spiro atoms. The van der Waals surface area contributed by atoms with Crippen molar-refractivity contribution in [1.82, 2.24) is 0 Å². The van der Waals surface area contributed by atoms with Crippen molar-refractivity contribution in [3.63, 3.8) is 0 Å². The van der Waals surface area contributed by atoms with Gasteiger partial charge in [-0.3, -0.25) is 0 Å². The number of thiophene rings is 1. The van der Waals surface area contributed by atoms with E-state index in [1.54, 1.807) is 7.11 Å². The quantitative estimate of drug-likeness (QED) is 0.282. The minimum atomic E-state index is -0.155. The fourth-order valence-electron chi connectivity index (χ4n) is 3.88. The monoisotopic (exact) mass is 393 g/mol. The van der Waals surface area contributed by atoms with Gasteiger partial charge in [-0.05, 0) is 54.1 Å². The second-order valence-corrected chi connectivity index (χ2v) is 8.85. The number of fused-ring (bicyclic) bond motifs is 1. The predicted octanol–water partition coefficient (Wildman–Crippen LogP) is 7.92. The number of hydrogen-bond donors (Lipinski definition) is 0. The molecule has 4 aromatic carbocycles. The molecule has 0 aliphatic rings. The van der Waals surface area contributed by atoms with Crippen LogP contribution in [0.25, 0.3) is 36.5 Å². The van der Waals surface area contributed by atoms with E-state index in [0.717, 1.165) is 5.75 Å². The summed E-state index contributed by atoms with van der Waals surface area (Å²) >= 11 is 0. The Labute approximate surface area is 173 Å². The van der Waals surface area contributed by atoms with Crippen LogP contribution in [-0.2, 0) is 0 Å². The Kier molecular flexibility index (Phi) is 4.63. The summed E-state index contributed by atoms with van der Waals surface area (Å²) in [5.74, 6) is 0.880. The van der Waals surface area contributed by atoms with E-state index in [0.29, 0.717) is 0 Å². The highest BCUT2D eigenvalue weighted by Gasteiger charge is 2.30. The maximum Gasteiger partial charge on any atom is 0.195 e. The van der Waals surface area contributed by atoms with Crippen molar-refractivity contribution >= 4 is 20.6 Å². The molecule has 1 heterocycles. The molecular weight excluding hydrogens is 372 g/mol. The zero-order valence-electron chi connectivity index (χ0n) is 16.2. The van der Waals surface area contributed by atoms with Crippen molar-refractivity contribution in [2.24, 2.45) is 0 Å². The van der Waals surface area contributed by atoms with Gasteiger partial charge in [-0.2, -0.15) is 0 Å². The molecule has 5 aromatic rings. The van der Waals surface area contributed by atoms with Gasteiger partial charge in [-0.25, -0.2) is 0 Å². The van der Waals surface area contributed by atoms with Crippen molar-refractivity contribution < 1.29 is 4.74 Å². The molecule has 1 aromatic heterocycles. The van der Waals surface area contributed by atoms with E-state index >= 15 is 0 Å². The van der Waals surface area contributed by atoms with Gasteiger partial charge < -0.3 is 4.74 Å². The van der Waals surface area contributed by atoms with Crippen LogP contribution in [0.3, 0.4) is 0 Å². The van der Waals surface area contributed by atoms with E-state index in [9.17, 15) is 0 Å². The van der Waals surface area contributed by atoms with E-state index in [2.05, 4.69) is 109 Å². The van der Waals surface area contributed by atoms with Crippen molar-refractivity contribution in [2.45, 2.75) is 0 Å². The zero-order valence-corrected chi connectivity index (χ0v) is 17.0. The summed E-state index contributed by atoms with van der Waals surface area (Å²) < 4.78 is 6.79. The minimum absolute atomic E-state index is 0.155. The number of methoxy groups -OCH3 is 1. The molecule has 0 fully saturated rings. The van der Waals surface area contributed by atoms with E-state index < -0.39 is 0 Å². The molecule has 29 heavy (non-hydrogen) atoms. The van der Waals surface area contributed by atoms with Crippen molar-refractivity contribution in [2.75, 3.05) is 7.11 Å². The van der Waals surface area contributed by atoms with Gasteiger partial charge >= 0.3 is 0 Å². The lowest BCUT2D eigenvalue weighted by atomic mass is 9.99. The maximum atomic E-state index is 5.40. The lowest BCUT2D eigenvalue weighted by molar-refractivity contribution is 0.415. The number of ether oxygens (including phenoxy) is 1. The molecule has 140 valence electrons. The van der Waals surface area contributed by atoms with Crippen LogP contribution in [0.4, 0.5) is 0 Å². The number of rotatable bonds is 4. The van der Waals surface area contributed by atoms with Crippen LogP contribution in [0, 0.1) is 0 Å². The Bertz CT molecular complexity index is 1180. The first kappa shape index (κ1) is 17.7. The molecule has 1 atom stereocenters. The first-order chi connectivity index (χ1) is 14.4. The van der Waals surface area contributed by atoms with Gasteiger partial charge in [0, 0.05) is 21.4 Å². The molecule has 1 nitrogen and oxygen atoms in total. The first-order valence-electron chi connectivity index (χ1n) is 9.69. The molecule has 0 saturated carbocycles.